The summed E-state index contributed by atoms with van der Waals surface area (Å²) in [6.45, 7) is 0. The third-order valence-electron chi connectivity index (χ3n) is 7.29. The third kappa shape index (κ3) is 3.72. The minimum absolute atomic E-state index is 0.103. The van der Waals surface area contributed by atoms with E-state index < -0.39 is 5.72 Å². The van der Waals surface area contributed by atoms with Gasteiger partial charge in [0, 0.05) is 24.4 Å². The summed E-state index contributed by atoms with van der Waals surface area (Å²) < 4.78 is 6.66. The molecule has 1 aliphatic carbocycles. The number of nitriles is 1. The molecule has 7 heteroatoms. The fraction of sp³-hybridized carbons (Fsp3) is 0.286. The van der Waals surface area contributed by atoms with Crippen LogP contribution in [-0.4, -0.2) is 24.2 Å². The number of hydrogen-bond donors (Lipinski definition) is 1. The van der Waals surface area contributed by atoms with Crippen LogP contribution in [-0.2, 0) is 17.0 Å². The van der Waals surface area contributed by atoms with Gasteiger partial charge in [0.25, 0.3) is 0 Å². The Bertz CT molecular complexity index is 1400. The van der Waals surface area contributed by atoms with E-state index >= 15 is 0 Å². The van der Waals surface area contributed by atoms with E-state index in [4.69, 9.17) is 31.9 Å². The maximum atomic E-state index is 9.39. The summed E-state index contributed by atoms with van der Waals surface area (Å²) in [5.74, 6) is 1.32. The number of aliphatic imine (C=N–C) groups is 1. The molecule has 1 spiro atoms. The Balaban J connectivity index is 1.45. The number of rotatable bonds is 2. The van der Waals surface area contributed by atoms with Gasteiger partial charge in [0.15, 0.2) is 0 Å². The minimum Gasteiger partial charge on any atom is -0.489 e. The van der Waals surface area contributed by atoms with Crippen molar-refractivity contribution in [3.05, 3.63) is 87.9 Å². The number of hydrogen-bond acceptors (Lipinski definition) is 6. The summed E-state index contributed by atoms with van der Waals surface area (Å²) in [6, 6.07) is 22.1. The highest BCUT2D eigenvalue weighted by Crippen LogP contribution is 2.51. The Morgan fingerprint density at radius 2 is 2.00 bits per heavy atom. The molecule has 0 amide bonds. The van der Waals surface area contributed by atoms with Crippen molar-refractivity contribution < 1.29 is 9.57 Å². The summed E-state index contributed by atoms with van der Waals surface area (Å²) in [4.78, 5) is 11.2. The molecule has 2 N–H and O–H groups in total. The number of benzene rings is 3. The fourth-order valence-electron chi connectivity index (χ4n) is 5.67. The van der Waals surface area contributed by atoms with E-state index in [0.29, 0.717) is 23.0 Å². The van der Waals surface area contributed by atoms with Crippen LogP contribution >= 0.6 is 11.6 Å². The first-order valence-corrected chi connectivity index (χ1v) is 12.2. The Hall–Kier alpha value is -3.53. The zero-order chi connectivity index (χ0) is 24.2. The standard InChI is InChI=1S/C28H25ClN4O2/c1-33-27(31)32-28(35-33)15-26(23-8-4-6-18-5-2-3-7-22(18)23)34-25-10-9-19(14-24(25)28)20-11-17(16-30)12-21(29)13-20/h2-3,5,7,9-14,23,26H,4,6,8,15H2,1H3,(H2,31,32). The van der Waals surface area contributed by atoms with Crippen molar-refractivity contribution in [2.45, 2.75) is 43.4 Å². The number of halogens is 1. The summed E-state index contributed by atoms with van der Waals surface area (Å²) in [5, 5.41) is 11.4. The lowest BCUT2D eigenvalue weighted by Crippen LogP contribution is -2.42. The molecule has 0 bridgehead atoms. The molecule has 2 aliphatic heterocycles. The lowest BCUT2D eigenvalue weighted by atomic mass is 9.76. The monoisotopic (exact) mass is 484 g/mol. The number of nitrogens with zero attached hydrogens (tertiary/aromatic N) is 3. The second kappa shape index (κ2) is 8.30. The SMILES string of the molecule is CN1OC2(CC(C3CCCc4ccccc43)Oc3ccc(-c4cc(Cl)cc(C#N)c4)cc32)N=C1N. The first-order valence-electron chi connectivity index (χ1n) is 11.8. The largest absolute Gasteiger partial charge is 0.489 e. The number of ether oxygens (including phenoxy) is 1. The van der Waals surface area contributed by atoms with E-state index in [-0.39, 0.29) is 12.0 Å². The molecule has 0 saturated heterocycles. The summed E-state index contributed by atoms with van der Waals surface area (Å²) in [6.07, 6.45) is 3.72. The molecule has 6 nitrogen and oxygen atoms in total. The fourth-order valence-corrected chi connectivity index (χ4v) is 5.90. The quantitative estimate of drug-likeness (QED) is 0.519. The van der Waals surface area contributed by atoms with E-state index in [9.17, 15) is 5.26 Å². The lowest BCUT2D eigenvalue weighted by molar-refractivity contribution is -0.192. The van der Waals surface area contributed by atoms with Gasteiger partial charge in [-0.05, 0) is 71.8 Å². The zero-order valence-electron chi connectivity index (χ0n) is 19.4. The van der Waals surface area contributed by atoms with Gasteiger partial charge in [-0.15, -0.1) is 0 Å². The van der Waals surface area contributed by atoms with Crippen LogP contribution in [0, 0.1) is 11.3 Å². The van der Waals surface area contributed by atoms with Gasteiger partial charge in [0.05, 0.1) is 17.2 Å². The van der Waals surface area contributed by atoms with Crippen molar-refractivity contribution >= 4 is 17.6 Å². The molecular formula is C28H25ClN4O2. The van der Waals surface area contributed by atoms with Crippen LogP contribution in [0.1, 0.15) is 47.4 Å². The van der Waals surface area contributed by atoms with Crippen molar-refractivity contribution in [3.8, 4) is 22.9 Å². The highest BCUT2D eigenvalue weighted by atomic mass is 35.5. The van der Waals surface area contributed by atoms with E-state index in [1.54, 1.807) is 13.1 Å². The number of guanidine groups is 1. The molecule has 3 aromatic rings. The van der Waals surface area contributed by atoms with Crippen LogP contribution in [0.3, 0.4) is 0 Å². The van der Waals surface area contributed by atoms with E-state index in [1.807, 2.05) is 30.3 Å². The van der Waals surface area contributed by atoms with E-state index in [1.165, 1.54) is 16.2 Å². The van der Waals surface area contributed by atoms with Gasteiger partial charge in [0.1, 0.15) is 11.9 Å². The zero-order valence-corrected chi connectivity index (χ0v) is 20.1. The molecule has 3 unspecified atom stereocenters. The van der Waals surface area contributed by atoms with Crippen molar-refractivity contribution in [1.82, 2.24) is 5.06 Å². The summed E-state index contributed by atoms with van der Waals surface area (Å²) in [7, 11) is 1.77. The first kappa shape index (κ1) is 22.0. The molecule has 0 aromatic heterocycles. The Morgan fingerprint density at radius 1 is 1.14 bits per heavy atom. The summed E-state index contributed by atoms with van der Waals surface area (Å²) >= 11 is 6.28. The van der Waals surface area contributed by atoms with Crippen molar-refractivity contribution in [2.24, 2.45) is 10.7 Å². The van der Waals surface area contributed by atoms with Gasteiger partial charge >= 0.3 is 0 Å². The van der Waals surface area contributed by atoms with Crippen LogP contribution < -0.4 is 10.5 Å². The van der Waals surface area contributed by atoms with Crippen molar-refractivity contribution in [2.75, 3.05) is 7.05 Å². The maximum Gasteiger partial charge on any atom is 0.221 e. The van der Waals surface area contributed by atoms with Crippen molar-refractivity contribution in [1.29, 1.82) is 5.26 Å². The van der Waals surface area contributed by atoms with Crippen LogP contribution in [0.15, 0.2) is 65.7 Å². The van der Waals surface area contributed by atoms with Gasteiger partial charge in [-0.1, -0.05) is 41.9 Å². The normalized spacial score (nSPS) is 24.8. The lowest BCUT2D eigenvalue weighted by Gasteiger charge is -2.41. The molecule has 0 radical (unpaired) electrons. The van der Waals surface area contributed by atoms with Crippen LogP contribution in [0.5, 0.6) is 5.75 Å². The first-order chi connectivity index (χ1) is 17.0. The van der Waals surface area contributed by atoms with E-state index in [2.05, 4.69) is 30.3 Å². The maximum absolute atomic E-state index is 9.39. The Labute approximate surface area is 209 Å². The highest BCUT2D eigenvalue weighted by molar-refractivity contribution is 6.31. The van der Waals surface area contributed by atoms with Crippen LogP contribution in [0.2, 0.25) is 5.02 Å². The Morgan fingerprint density at radius 3 is 2.80 bits per heavy atom. The predicted molar refractivity (Wildman–Crippen MR) is 135 cm³/mol. The smallest absolute Gasteiger partial charge is 0.221 e. The number of aryl methyl sites for hydroxylation is 1. The number of hydroxylamine groups is 2. The molecule has 6 rings (SSSR count). The molecule has 35 heavy (non-hydrogen) atoms. The minimum atomic E-state index is -0.976. The molecule has 176 valence electrons. The van der Waals surface area contributed by atoms with Crippen LogP contribution in [0.4, 0.5) is 0 Å². The molecule has 0 fully saturated rings. The van der Waals surface area contributed by atoms with E-state index in [0.717, 1.165) is 41.7 Å². The molecule has 3 aliphatic rings. The van der Waals surface area contributed by atoms with Gasteiger partial charge < -0.3 is 10.5 Å². The van der Waals surface area contributed by atoms with Gasteiger partial charge in [0.2, 0.25) is 11.7 Å². The van der Waals surface area contributed by atoms with Gasteiger partial charge in [-0.2, -0.15) is 5.26 Å². The molecule has 2 heterocycles. The summed E-state index contributed by atoms with van der Waals surface area (Å²) in [5.41, 5.74) is 11.0. The molecular weight excluding hydrogens is 460 g/mol. The van der Waals surface area contributed by atoms with Crippen LogP contribution in [0.25, 0.3) is 11.1 Å². The average molecular weight is 485 g/mol. The van der Waals surface area contributed by atoms with Gasteiger partial charge in [-0.3, -0.25) is 0 Å². The molecule has 3 atom stereocenters. The topological polar surface area (TPSA) is 83.9 Å². The van der Waals surface area contributed by atoms with Gasteiger partial charge in [-0.25, -0.2) is 14.9 Å². The predicted octanol–water partition coefficient (Wildman–Crippen LogP) is 5.49. The van der Waals surface area contributed by atoms with Crippen molar-refractivity contribution in [3.63, 3.8) is 0 Å². The molecule has 0 saturated carbocycles. The molecule has 3 aromatic carbocycles. The third-order valence-corrected chi connectivity index (χ3v) is 7.51. The highest BCUT2D eigenvalue weighted by Gasteiger charge is 2.50. The Kier molecular flexibility index (Phi) is 5.21. The number of fused-ring (bicyclic) bond motifs is 3. The second-order valence-corrected chi connectivity index (χ2v) is 9.89. The number of nitrogens with two attached hydrogens (primary N) is 1. The average Bonchev–Trinajstić information content (AvgIpc) is 3.15. The second-order valence-electron chi connectivity index (χ2n) is 9.45.